The predicted octanol–water partition coefficient (Wildman–Crippen LogP) is 2.69. The molecule has 0 aliphatic carbocycles. The molecule has 1 fully saturated rings. The minimum absolute atomic E-state index is 0.193. The van der Waals surface area contributed by atoms with E-state index in [9.17, 15) is 8.42 Å². The van der Waals surface area contributed by atoms with Gasteiger partial charge in [0.1, 0.15) is 11.5 Å². The van der Waals surface area contributed by atoms with Crippen LogP contribution < -0.4 is 14.8 Å². The van der Waals surface area contributed by atoms with Crippen molar-refractivity contribution in [3.8, 4) is 11.5 Å². The van der Waals surface area contributed by atoms with Crippen LogP contribution in [0.1, 0.15) is 18.9 Å². The molecule has 2 aromatic carbocycles. The zero-order chi connectivity index (χ0) is 20.1. The first-order chi connectivity index (χ1) is 13.4. The molecule has 0 spiro atoms. The molecule has 0 amide bonds. The van der Waals surface area contributed by atoms with Gasteiger partial charge >= 0.3 is 0 Å². The van der Waals surface area contributed by atoms with E-state index in [0.29, 0.717) is 29.8 Å². The normalized spacial score (nSPS) is 16.4. The van der Waals surface area contributed by atoms with Crippen LogP contribution in [0.4, 0.5) is 0 Å². The molecule has 0 bridgehead atoms. The average molecular weight is 405 g/mol. The fourth-order valence-corrected chi connectivity index (χ4v) is 4.83. The zero-order valence-corrected chi connectivity index (χ0v) is 17.4. The molecule has 0 radical (unpaired) electrons. The highest BCUT2D eigenvalue weighted by Gasteiger charge is 2.36. The van der Waals surface area contributed by atoms with E-state index in [0.717, 1.165) is 18.6 Å². The Morgan fingerprint density at radius 2 is 1.54 bits per heavy atom. The van der Waals surface area contributed by atoms with Crippen LogP contribution in [0.3, 0.4) is 0 Å². The van der Waals surface area contributed by atoms with Crippen molar-refractivity contribution < 1.29 is 17.9 Å². The summed E-state index contributed by atoms with van der Waals surface area (Å²) in [6.07, 6.45) is 1.97. The second-order valence-electron chi connectivity index (χ2n) is 7.15. The molecule has 6 nitrogen and oxygen atoms in total. The predicted molar refractivity (Wildman–Crippen MR) is 109 cm³/mol. The van der Waals surface area contributed by atoms with Gasteiger partial charge in [0, 0.05) is 25.2 Å². The molecule has 28 heavy (non-hydrogen) atoms. The molecule has 1 saturated heterocycles. The number of hydrogen-bond donors (Lipinski definition) is 1. The lowest BCUT2D eigenvalue weighted by atomic mass is 10.0. The van der Waals surface area contributed by atoms with Crippen LogP contribution in [0.25, 0.3) is 0 Å². The molecule has 1 aliphatic rings. The molecule has 0 saturated carbocycles. The van der Waals surface area contributed by atoms with Gasteiger partial charge < -0.3 is 14.8 Å². The highest BCUT2D eigenvalue weighted by Crippen LogP contribution is 2.24. The molecule has 1 atom stereocenters. The summed E-state index contributed by atoms with van der Waals surface area (Å²) < 4.78 is 37.1. The maximum atomic E-state index is 12.7. The van der Waals surface area contributed by atoms with Crippen molar-refractivity contribution in [2.24, 2.45) is 0 Å². The number of rotatable bonds is 9. The molecule has 3 rings (SSSR count). The topological polar surface area (TPSA) is 67.9 Å². The van der Waals surface area contributed by atoms with Crippen molar-refractivity contribution >= 4 is 10.0 Å². The second kappa shape index (κ2) is 8.94. The molecule has 0 unspecified atom stereocenters. The van der Waals surface area contributed by atoms with E-state index in [1.54, 1.807) is 38.5 Å². The summed E-state index contributed by atoms with van der Waals surface area (Å²) in [5.74, 6) is 1.51. The Morgan fingerprint density at radius 1 is 1.00 bits per heavy atom. The summed E-state index contributed by atoms with van der Waals surface area (Å²) in [5.41, 5.74) is 1.27. The van der Waals surface area contributed by atoms with Gasteiger partial charge in [-0.3, -0.25) is 0 Å². The summed E-state index contributed by atoms with van der Waals surface area (Å²) in [6.45, 7) is 3.15. The standard InChI is InChI=1S/C21H28N2O4S/c1-16(4-5-17-6-8-19(26-2)9-7-17)22-18-14-23(15-18)28(24,25)21-12-10-20(27-3)11-13-21/h6-13,16,18,22H,4-5,14-15H2,1-3H3/t16-/m0/s1. The number of sulfonamides is 1. The van der Waals surface area contributed by atoms with Crippen LogP contribution in [0, 0.1) is 0 Å². The summed E-state index contributed by atoms with van der Waals surface area (Å²) in [4.78, 5) is 0.305. The Hall–Kier alpha value is -2.09. The lowest BCUT2D eigenvalue weighted by Crippen LogP contribution is -2.61. The smallest absolute Gasteiger partial charge is 0.243 e. The molecule has 7 heteroatoms. The van der Waals surface area contributed by atoms with E-state index in [-0.39, 0.29) is 6.04 Å². The Kier molecular flexibility index (Phi) is 6.59. The van der Waals surface area contributed by atoms with E-state index < -0.39 is 10.0 Å². The van der Waals surface area contributed by atoms with Crippen molar-refractivity contribution in [1.82, 2.24) is 9.62 Å². The number of benzene rings is 2. The molecule has 1 N–H and O–H groups in total. The van der Waals surface area contributed by atoms with Gasteiger partial charge in [-0.05, 0) is 61.7 Å². The van der Waals surface area contributed by atoms with Gasteiger partial charge in [-0.15, -0.1) is 0 Å². The summed E-state index contributed by atoms with van der Waals surface area (Å²) >= 11 is 0. The van der Waals surface area contributed by atoms with E-state index in [1.807, 2.05) is 12.1 Å². The molecular formula is C21H28N2O4S. The second-order valence-corrected chi connectivity index (χ2v) is 9.09. The zero-order valence-electron chi connectivity index (χ0n) is 16.6. The summed E-state index contributed by atoms with van der Waals surface area (Å²) in [7, 11) is -0.207. The Bertz CT molecular complexity index is 860. The Balaban J connectivity index is 1.45. The van der Waals surface area contributed by atoms with Crippen LogP contribution in [-0.2, 0) is 16.4 Å². The number of nitrogens with one attached hydrogen (secondary N) is 1. The molecule has 1 heterocycles. The van der Waals surface area contributed by atoms with Gasteiger partial charge in [0.15, 0.2) is 0 Å². The first-order valence-electron chi connectivity index (χ1n) is 9.45. The fourth-order valence-electron chi connectivity index (χ4n) is 3.30. The Labute approximate surface area is 167 Å². The van der Waals surface area contributed by atoms with E-state index in [4.69, 9.17) is 9.47 Å². The van der Waals surface area contributed by atoms with Gasteiger partial charge in [-0.25, -0.2) is 8.42 Å². The van der Waals surface area contributed by atoms with E-state index in [1.165, 1.54) is 9.87 Å². The van der Waals surface area contributed by atoms with Crippen LogP contribution in [0.15, 0.2) is 53.4 Å². The number of ether oxygens (including phenoxy) is 2. The SMILES string of the molecule is COc1ccc(CC[C@H](C)NC2CN(S(=O)(=O)c3ccc(OC)cc3)C2)cc1. The minimum Gasteiger partial charge on any atom is -0.497 e. The minimum atomic E-state index is -3.43. The van der Waals surface area contributed by atoms with Crippen LogP contribution in [0.2, 0.25) is 0 Å². The highest BCUT2D eigenvalue weighted by atomic mass is 32.2. The highest BCUT2D eigenvalue weighted by molar-refractivity contribution is 7.89. The van der Waals surface area contributed by atoms with Gasteiger partial charge in [0.25, 0.3) is 0 Å². The van der Waals surface area contributed by atoms with Crippen LogP contribution >= 0.6 is 0 Å². The van der Waals surface area contributed by atoms with Gasteiger partial charge in [-0.2, -0.15) is 4.31 Å². The largest absolute Gasteiger partial charge is 0.497 e. The van der Waals surface area contributed by atoms with Crippen LogP contribution in [-0.4, -0.2) is 52.1 Å². The molecule has 1 aliphatic heterocycles. The molecule has 0 aromatic heterocycles. The third-order valence-corrected chi connectivity index (χ3v) is 6.94. The van der Waals surface area contributed by atoms with Gasteiger partial charge in [0.05, 0.1) is 19.1 Å². The lowest BCUT2D eigenvalue weighted by Gasteiger charge is -2.40. The molecular weight excluding hydrogens is 376 g/mol. The van der Waals surface area contributed by atoms with Gasteiger partial charge in [0.2, 0.25) is 10.0 Å². The number of methoxy groups -OCH3 is 2. The van der Waals surface area contributed by atoms with E-state index >= 15 is 0 Å². The monoisotopic (exact) mass is 404 g/mol. The first-order valence-corrected chi connectivity index (χ1v) is 10.9. The van der Waals surface area contributed by atoms with Crippen molar-refractivity contribution in [2.75, 3.05) is 27.3 Å². The van der Waals surface area contributed by atoms with Crippen molar-refractivity contribution in [2.45, 2.75) is 36.7 Å². The van der Waals surface area contributed by atoms with Crippen molar-refractivity contribution in [1.29, 1.82) is 0 Å². The summed E-state index contributed by atoms with van der Waals surface area (Å²) in [5, 5.41) is 3.53. The van der Waals surface area contributed by atoms with Crippen molar-refractivity contribution in [3.05, 3.63) is 54.1 Å². The maximum Gasteiger partial charge on any atom is 0.243 e. The lowest BCUT2D eigenvalue weighted by molar-refractivity contribution is 0.211. The third-order valence-electron chi connectivity index (χ3n) is 5.09. The summed E-state index contributed by atoms with van der Waals surface area (Å²) in [6, 6.07) is 15.1. The first kappa shape index (κ1) is 20.6. The third kappa shape index (κ3) is 4.84. The van der Waals surface area contributed by atoms with E-state index in [2.05, 4.69) is 24.4 Å². The number of nitrogens with zero attached hydrogens (tertiary/aromatic N) is 1. The Morgan fingerprint density at radius 3 is 2.07 bits per heavy atom. The van der Waals surface area contributed by atoms with Gasteiger partial charge in [-0.1, -0.05) is 12.1 Å². The fraction of sp³-hybridized carbons (Fsp3) is 0.429. The average Bonchev–Trinajstić information content (AvgIpc) is 2.69. The maximum absolute atomic E-state index is 12.7. The molecule has 152 valence electrons. The van der Waals surface area contributed by atoms with Crippen molar-refractivity contribution in [3.63, 3.8) is 0 Å². The van der Waals surface area contributed by atoms with Crippen LogP contribution in [0.5, 0.6) is 11.5 Å². The molecule has 2 aromatic rings. The number of aryl methyl sites for hydroxylation is 1. The number of hydrogen-bond acceptors (Lipinski definition) is 5. The quantitative estimate of drug-likeness (QED) is 0.696.